The summed E-state index contributed by atoms with van der Waals surface area (Å²) in [5.41, 5.74) is 5.51. The molecule has 3 aliphatic rings. The van der Waals surface area contributed by atoms with Crippen LogP contribution in [0.3, 0.4) is 0 Å². The van der Waals surface area contributed by atoms with Gasteiger partial charge in [0.05, 0.1) is 24.5 Å². The minimum absolute atomic E-state index is 0.0688. The number of hydrogen-bond acceptors (Lipinski definition) is 4. The van der Waals surface area contributed by atoms with Gasteiger partial charge in [0.2, 0.25) is 0 Å². The Bertz CT molecular complexity index is 938. The molecule has 0 aromatic carbocycles. The van der Waals surface area contributed by atoms with Crippen LogP contribution in [0.5, 0.6) is 0 Å². The highest BCUT2D eigenvalue weighted by molar-refractivity contribution is 5.95. The van der Waals surface area contributed by atoms with Crippen molar-refractivity contribution in [3.8, 4) is 11.3 Å². The molecule has 162 valence electrons. The SMILES string of the molecule is CCc1cnn(C)c1-c1cc2n(c1CC)N1CC[C@H](C3CCCNC3)C(C1)NC2=O. The molecular formula is C23H34N6O. The number of aryl methyl sites for hydroxylation is 2. The summed E-state index contributed by atoms with van der Waals surface area (Å²) in [4.78, 5) is 13.4. The maximum atomic E-state index is 13.4. The van der Waals surface area contributed by atoms with E-state index in [4.69, 9.17) is 0 Å². The lowest BCUT2D eigenvalue weighted by atomic mass is 9.77. The highest BCUT2D eigenvalue weighted by Crippen LogP contribution is 2.35. The van der Waals surface area contributed by atoms with Crippen LogP contribution in [-0.2, 0) is 19.9 Å². The highest BCUT2D eigenvalue weighted by Gasteiger charge is 2.40. The van der Waals surface area contributed by atoms with Crippen molar-refractivity contribution in [2.75, 3.05) is 31.2 Å². The largest absolute Gasteiger partial charge is 0.346 e. The van der Waals surface area contributed by atoms with Crippen LogP contribution in [0.25, 0.3) is 11.3 Å². The molecule has 7 nitrogen and oxygen atoms in total. The minimum atomic E-state index is 0.0688. The quantitative estimate of drug-likeness (QED) is 0.810. The third kappa shape index (κ3) is 3.06. The van der Waals surface area contributed by atoms with Crippen molar-refractivity contribution < 1.29 is 4.79 Å². The summed E-state index contributed by atoms with van der Waals surface area (Å²) in [6.07, 6.45) is 7.44. The first-order valence-electron chi connectivity index (χ1n) is 11.6. The van der Waals surface area contributed by atoms with Crippen LogP contribution in [0.15, 0.2) is 12.3 Å². The van der Waals surface area contributed by atoms with Gasteiger partial charge >= 0.3 is 0 Å². The van der Waals surface area contributed by atoms with E-state index in [0.717, 1.165) is 62.4 Å². The Hall–Kier alpha value is -2.28. The Balaban J connectivity index is 1.53. The van der Waals surface area contributed by atoms with E-state index < -0.39 is 0 Å². The molecule has 5 rings (SSSR count). The molecule has 2 aromatic rings. The molecule has 30 heavy (non-hydrogen) atoms. The van der Waals surface area contributed by atoms with Crippen LogP contribution in [0, 0.1) is 11.8 Å². The summed E-state index contributed by atoms with van der Waals surface area (Å²) >= 11 is 0. The lowest BCUT2D eigenvalue weighted by molar-refractivity contribution is 0.0899. The van der Waals surface area contributed by atoms with E-state index in [9.17, 15) is 4.79 Å². The lowest BCUT2D eigenvalue weighted by Crippen LogP contribution is -2.56. The van der Waals surface area contributed by atoms with Crippen molar-refractivity contribution in [3.05, 3.63) is 29.2 Å². The predicted molar refractivity (Wildman–Crippen MR) is 118 cm³/mol. The standard InChI is InChI=1S/C23H34N6O/c1-4-15-13-25-27(3)22(15)18-11-21-23(30)26-19-14-28(29(21)20(18)5-2)10-8-17(19)16-7-6-9-24-12-16/h11,13,16-17,19,24H,4-10,12,14H2,1-3H3,(H,26,30)/t16?,17-,19?/m1/s1. The number of piperidine rings is 2. The molecule has 0 radical (unpaired) electrons. The maximum Gasteiger partial charge on any atom is 0.270 e. The van der Waals surface area contributed by atoms with Crippen LogP contribution in [0.4, 0.5) is 0 Å². The molecule has 0 aliphatic carbocycles. The Kier molecular flexibility index (Phi) is 5.09. The summed E-state index contributed by atoms with van der Waals surface area (Å²) in [6, 6.07) is 2.33. The van der Waals surface area contributed by atoms with Gasteiger partial charge in [-0.3, -0.25) is 14.2 Å². The first-order chi connectivity index (χ1) is 14.6. The zero-order chi connectivity index (χ0) is 20.8. The minimum Gasteiger partial charge on any atom is -0.346 e. The van der Waals surface area contributed by atoms with E-state index in [0.29, 0.717) is 11.8 Å². The third-order valence-electron chi connectivity index (χ3n) is 7.48. The average molecular weight is 411 g/mol. The number of aromatic nitrogens is 3. The summed E-state index contributed by atoms with van der Waals surface area (Å²) in [6.45, 7) is 8.48. The predicted octanol–water partition coefficient (Wildman–Crippen LogP) is 2.08. The van der Waals surface area contributed by atoms with Crippen molar-refractivity contribution in [2.24, 2.45) is 18.9 Å². The van der Waals surface area contributed by atoms with Crippen molar-refractivity contribution >= 4 is 5.91 Å². The Morgan fingerprint density at radius 3 is 2.83 bits per heavy atom. The van der Waals surface area contributed by atoms with Gasteiger partial charge in [-0.05, 0) is 68.7 Å². The van der Waals surface area contributed by atoms with Crippen LogP contribution in [0.1, 0.15) is 54.9 Å². The summed E-state index contributed by atoms with van der Waals surface area (Å²) < 4.78 is 4.18. The number of hydrogen-bond donors (Lipinski definition) is 2. The molecule has 2 unspecified atom stereocenters. The fourth-order valence-electron chi connectivity index (χ4n) is 6.00. The highest BCUT2D eigenvalue weighted by atomic mass is 16.2. The van der Waals surface area contributed by atoms with E-state index in [1.807, 2.05) is 17.9 Å². The third-order valence-corrected chi connectivity index (χ3v) is 7.48. The molecule has 5 heterocycles. The molecule has 7 heteroatoms. The van der Waals surface area contributed by atoms with E-state index in [1.54, 1.807) is 0 Å². The van der Waals surface area contributed by atoms with Gasteiger partial charge in [0, 0.05) is 24.8 Å². The molecule has 2 fully saturated rings. The van der Waals surface area contributed by atoms with Gasteiger partial charge in [0.15, 0.2) is 0 Å². The molecule has 2 bridgehead atoms. The molecule has 2 aromatic heterocycles. The molecule has 2 N–H and O–H groups in total. The fraction of sp³-hybridized carbons (Fsp3) is 0.652. The van der Waals surface area contributed by atoms with Gasteiger partial charge in [0.1, 0.15) is 5.69 Å². The van der Waals surface area contributed by atoms with E-state index in [1.165, 1.54) is 24.1 Å². The van der Waals surface area contributed by atoms with E-state index in [-0.39, 0.29) is 11.9 Å². The van der Waals surface area contributed by atoms with Gasteiger partial charge < -0.3 is 15.6 Å². The van der Waals surface area contributed by atoms with Gasteiger partial charge in [-0.15, -0.1) is 0 Å². The van der Waals surface area contributed by atoms with Crippen LogP contribution >= 0.6 is 0 Å². The Morgan fingerprint density at radius 2 is 2.10 bits per heavy atom. The zero-order valence-corrected chi connectivity index (χ0v) is 18.4. The van der Waals surface area contributed by atoms with Crippen molar-refractivity contribution in [1.82, 2.24) is 25.1 Å². The first-order valence-corrected chi connectivity index (χ1v) is 11.6. The second kappa shape index (κ2) is 7.76. The zero-order valence-electron chi connectivity index (χ0n) is 18.4. The molecule has 3 atom stereocenters. The van der Waals surface area contributed by atoms with Crippen LogP contribution < -0.4 is 15.6 Å². The summed E-state index contributed by atoms with van der Waals surface area (Å²) in [5, 5.41) is 13.9. The van der Waals surface area contributed by atoms with Gasteiger partial charge in [-0.2, -0.15) is 5.10 Å². The smallest absolute Gasteiger partial charge is 0.270 e. The van der Waals surface area contributed by atoms with Crippen LogP contribution in [0.2, 0.25) is 0 Å². The lowest BCUT2D eigenvalue weighted by Gasteiger charge is -2.43. The molecule has 2 saturated heterocycles. The van der Waals surface area contributed by atoms with Gasteiger partial charge in [-0.1, -0.05) is 13.8 Å². The number of rotatable bonds is 4. The Morgan fingerprint density at radius 1 is 1.23 bits per heavy atom. The van der Waals surface area contributed by atoms with Crippen molar-refractivity contribution in [3.63, 3.8) is 0 Å². The molecular weight excluding hydrogens is 376 g/mol. The molecule has 0 spiro atoms. The number of nitrogens with zero attached hydrogens (tertiary/aromatic N) is 4. The summed E-state index contributed by atoms with van der Waals surface area (Å²) in [7, 11) is 2.00. The monoisotopic (exact) mass is 410 g/mol. The topological polar surface area (TPSA) is 67.1 Å². The number of carbonyl (C=O) groups excluding carboxylic acids is 1. The van der Waals surface area contributed by atoms with Crippen molar-refractivity contribution in [2.45, 2.75) is 52.0 Å². The normalized spacial score (nSPS) is 26.3. The van der Waals surface area contributed by atoms with E-state index in [2.05, 4.69) is 45.3 Å². The second-order valence-electron chi connectivity index (χ2n) is 9.10. The second-order valence-corrected chi connectivity index (χ2v) is 9.10. The first kappa shape index (κ1) is 19.7. The average Bonchev–Trinajstić information content (AvgIpc) is 3.31. The number of nitrogens with one attached hydrogen (secondary N) is 2. The number of fused-ring (bicyclic) bond motifs is 4. The fourth-order valence-corrected chi connectivity index (χ4v) is 6.00. The number of amides is 1. The van der Waals surface area contributed by atoms with Gasteiger partial charge in [-0.25, -0.2) is 0 Å². The number of carbonyl (C=O) groups is 1. The van der Waals surface area contributed by atoms with E-state index >= 15 is 0 Å². The Labute approximate surface area is 178 Å². The van der Waals surface area contributed by atoms with Crippen molar-refractivity contribution in [1.29, 1.82) is 0 Å². The van der Waals surface area contributed by atoms with Gasteiger partial charge in [0.25, 0.3) is 5.91 Å². The maximum absolute atomic E-state index is 13.4. The summed E-state index contributed by atoms with van der Waals surface area (Å²) in [5.74, 6) is 1.31. The molecule has 1 amide bonds. The van der Waals surface area contributed by atoms with Crippen LogP contribution in [-0.4, -0.2) is 52.6 Å². The molecule has 3 aliphatic heterocycles. The molecule has 0 saturated carbocycles.